The molecule has 1 aromatic heterocycles. The smallest absolute Gasteiger partial charge is 0.129 e. The molecule has 3 heteroatoms. The number of pyridine rings is 1. The molecule has 0 amide bonds. The van der Waals surface area contributed by atoms with Gasteiger partial charge in [0.25, 0.3) is 0 Å². The van der Waals surface area contributed by atoms with Crippen LogP contribution in [0, 0.1) is 5.92 Å². The van der Waals surface area contributed by atoms with Crippen LogP contribution in [0.1, 0.15) is 50.8 Å². The molecule has 1 saturated carbocycles. The fourth-order valence-electron chi connectivity index (χ4n) is 2.45. The first-order valence-corrected chi connectivity index (χ1v) is 7.62. The second-order valence-electron chi connectivity index (χ2n) is 5.62. The number of aliphatic hydroxyl groups is 1. The molecule has 1 fully saturated rings. The summed E-state index contributed by atoms with van der Waals surface area (Å²) in [6, 6.07) is 4.09. The summed E-state index contributed by atoms with van der Waals surface area (Å²) < 4.78 is 0. The van der Waals surface area contributed by atoms with E-state index in [9.17, 15) is 5.11 Å². The monoisotopic (exact) mass is 262 g/mol. The molecule has 1 N–H and O–H groups in total. The van der Waals surface area contributed by atoms with Crippen molar-refractivity contribution in [2.45, 2.75) is 52.6 Å². The third-order valence-corrected chi connectivity index (χ3v) is 3.61. The number of nitrogens with zero attached hydrogens (tertiary/aromatic N) is 2. The molecule has 0 atom stereocenters. The molecule has 19 heavy (non-hydrogen) atoms. The van der Waals surface area contributed by atoms with Gasteiger partial charge in [-0.1, -0.05) is 20.3 Å². The minimum atomic E-state index is 0.107. The Bertz CT molecular complexity index is 402. The first-order valence-electron chi connectivity index (χ1n) is 7.62. The maximum absolute atomic E-state index is 9.41. The minimum absolute atomic E-state index is 0.107. The second-order valence-corrected chi connectivity index (χ2v) is 5.62. The lowest BCUT2D eigenvalue weighted by Gasteiger charge is -2.24. The molecule has 0 aromatic carbocycles. The first-order chi connectivity index (χ1) is 9.26. The van der Waals surface area contributed by atoms with Gasteiger partial charge >= 0.3 is 0 Å². The Balaban J connectivity index is 2.19. The SMILES string of the molecule is CCCc1cc(CO)cc(N(CCC)CC2CC2)n1. The lowest BCUT2D eigenvalue weighted by molar-refractivity contribution is 0.281. The number of hydrogen-bond donors (Lipinski definition) is 1. The van der Waals surface area contributed by atoms with E-state index >= 15 is 0 Å². The molecule has 0 unspecified atom stereocenters. The number of aromatic nitrogens is 1. The molecule has 0 saturated heterocycles. The van der Waals surface area contributed by atoms with Crippen molar-refractivity contribution in [3.05, 3.63) is 23.4 Å². The van der Waals surface area contributed by atoms with Gasteiger partial charge in [-0.15, -0.1) is 0 Å². The normalized spacial score (nSPS) is 14.7. The van der Waals surface area contributed by atoms with Crippen LogP contribution in [0.2, 0.25) is 0 Å². The third-order valence-electron chi connectivity index (χ3n) is 3.61. The zero-order valence-corrected chi connectivity index (χ0v) is 12.2. The lowest BCUT2D eigenvalue weighted by Crippen LogP contribution is -2.27. The molecule has 3 nitrogen and oxygen atoms in total. The highest BCUT2D eigenvalue weighted by Crippen LogP contribution is 2.31. The van der Waals surface area contributed by atoms with Crippen LogP contribution in [0.25, 0.3) is 0 Å². The molecule has 0 bridgehead atoms. The number of hydrogen-bond acceptors (Lipinski definition) is 3. The summed E-state index contributed by atoms with van der Waals surface area (Å²) in [5.41, 5.74) is 2.10. The molecule has 0 aliphatic heterocycles. The van der Waals surface area contributed by atoms with Crippen molar-refractivity contribution in [3.8, 4) is 0 Å². The highest BCUT2D eigenvalue weighted by molar-refractivity contribution is 5.43. The Morgan fingerprint density at radius 1 is 1.26 bits per heavy atom. The standard InChI is InChI=1S/C16H26N2O/c1-3-5-15-9-14(12-19)10-16(17-15)18(8-4-2)11-13-6-7-13/h9-10,13,19H,3-8,11-12H2,1-2H3. The van der Waals surface area contributed by atoms with Crippen LogP contribution in [0.15, 0.2) is 12.1 Å². The maximum atomic E-state index is 9.41. The zero-order valence-electron chi connectivity index (χ0n) is 12.2. The van der Waals surface area contributed by atoms with Gasteiger partial charge in [-0.2, -0.15) is 0 Å². The Labute approximate surface area is 116 Å². The van der Waals surface area contributed by atoms with E-state index in [1.807, 2.05) is 6.07 Å². The lowest BCUT2D eigenvalue weighted by atomic mass is 10.1. The van der Waals surface area contributed by atoms with E-state index in [-0.39, 0.29) is 6.61 Å². The highest BCUT2D eigenvalue weighted by Gasteiger charge is 2.24. The van der Waals surface area contributed by atoms with Crippen LogP contribution in [0.5, 0.6) is 0 Å². The van der Waals surface area contributed by atoms with Gasteiger partial charge in [-0.3, -0.25) is 0 Å². The van der Waals surface area contributed by atoms with Crippen molar-refractivity contribution >= 4 is 5.82 Å². The third kappa shape index (κ3) is 4.20. The number of anilines is 1. The summed E-state index contributed by atoms with van der Waals surface area (Å²) >= 11 is 0. The van der Waals surface area contributed by atoms with Crippen LogP contribution >= 0.6 is 0 Å². The van der Waals surface area contributed by atoms with Crippen molar-refractivity contribution < 1.29 is 5.11 Å². The van der Waals surface area contributed by atoms with E-state index in [1.54, 1.807) is 0 Å². The van der Waals surface area contributed by atoms with Crippen molar-refractivity contribution in [1.82, 2.24) is 4.98 Å². The summed E-state index contributed by atoms with van der Waals surface area (Å²) in [5.74, 6) is 1.92. The van der Waals surface area contributed by atoms with Gasteiger partial charge in [0, 0.05) is 18.8 Å². The van der Waals surface area contributed by atoms with E-state index in [0.29, 0.717) is 0 Å². The van der Waals surface area contributed by atoms with Crippen LogP contribution in [-0.4, -0.2) is 23.2 Å². The van der Waals surface area contributed by atoms with E-state index in [0.717, 1.165) is 55.3 Å². The van der Waals surface area contributed by atoms with Gasteiger partial charge in [0.2, 0.25) is 0 Å². The van der Waals surface area contributed by atoms with Gasteiger partial charge in [-0.05, 0) is 49.3 Å². The molecule has 1 aliphatic carbocycles. The van der Waals surface area contributed by atoms with Gasteiger partial charge < -0.3 is 10.0 Å². The van der Waals surface area contributed by atoms with E-state index in [4.69, 9.17) is 4.98 Å². The summed E-state index contributed by atoms with van der Waals surface area (Å²) in [7, 11) is 0. The molecule has 1 aromatic rings. The summed E-state index contributed by atoms with van der Waals surface area (Å²) in [6.07, 6.45) is 5.95. The largest absolute Gasteiger partial charge is 0.392 e. The average Bonchev–Trinajstić information content (AvgIpc) is 3.22. The molecule has 0 spiro atoms. The fraction of sp³-hybridized carbons (Fsp3) is 0.688. The summed E-state index contributed by atoms with van der Waals surface area (Å²) in [5, 5.41) is 9.41. The molecule has 1 aliphatic rings. The molecule has 106 valence electrons. The van der Waals surface area contributed by atoms with Gasteiger partial charge in [0.1, 0.15) is 5.82 Å². The van der Waals surface area contributed by atoms with E-state index in [1.165, 1.54) is 12.8 Å². The molecule has 2 rings (SSSR count). The second kappa shape index (κ2) is 6.90. The van der Waals surface area contributed by atoms with Crippen molar-refractivity contribution in [3.63, 3.8) is 0 Å². The van der Waals surface area contributed by atoms with Gasteiger partial charge in [0.15, 0.2) is 0 Å². The van der Waals surface area contributed by atoms with Crippen LogP contribution < -0.4 is 4.90 Å². The van der Waals surface area contributed by atoms with Crippen molar-refractivity contribution in [1.29, 1.82) is 0 Å². The quantitative estimate of drug-likeness (QED) is 0.782. The first kappa shape index (κ1) is 14.3. The van der Waals surface area contributed by atoms with Crippen LogP contribution in [-0.2, 0) is 13.0 Å². The van der Waals surface area contributed by atoms with Crippen molar-refractivity contribution in [2.75, 3.05) is 18.0 Å². The number of rotatable bonds is 8. The van der Waals surface area contributed by atoms with Crippen LogP contribution in [0.4, 0.5) is 5.82 Å². The minimum Gasteiger partial charge on any atom is -0.392 e. The van der Waals surface area contributed by atoms with E-state index < -0.39 is 0 Å². The highest BCUT2D eigenvalue weighted by atomic mass is 16.3. The topological polar surface area (TPSA) is 36.4 Å². The Kier molecular flexibility index (Phi) is 5.20. The number of aryl methyl sites for hydroxylation is 1. The number of aliphatic hydroxyl groups excluding tert-OH is 1. The fourth-order valence-corrected chi connectivity index (χ4v) is 2.45. The molecule has 0 radical (unpaired) electrons. The van der Waals surface area contributed by atoms with Gasteiger partial charge in [0.05, 0.1) is 6.61 Å². The molecular formula is C16H26N2O. The van der Waals surface area contributed by atoms with Crippen LogP contribution in [0.3, 0.4) is 0 Å². The Morgan fingerprint density at radius 3 is 2.63 bits per heavy atom. The molecular weight excluding hydrogens is 236 g/mol. The maximum Gasteiger partial charge on any atom is 0.129 e. The summed E-state index contributed by atoms with van der Waals surface area (Å²) in [4.78, 5) is 7.18. The average molecular weight is 262 g/mol. The Hall–Kier alpha value is -1.09. The van der Waals surface area contributed by atoms with E-state index in [2.05, 4.69) is 24.8 Å². The Morgan fingerprint density at radius 2 is 2.05 bits per heavy atom. The predicted octanol–water partition coefficient (Wildman–Crippen LogP) is 3.15. The van der Waals surface area contributed by atoms with Crippen molar-refractivity contribution in [2.24, 2.45) is 5.92 Å². The van der Waals surface area contributed by atoms with Gasteiger partial charge in [-0.25, -0.2) is 4.98 Å². The molecule has 1 heterocycles. The predicted molar refractivity (Wildman–Crippen MR) is 79.4 cm³/mol. The summed E-state index contributed by atoms with van der Waals surface area (Å²) in [6.45, 7) is 6.67. The zero-order chi connectivity index (χ0) is 13.7.